The number of amides is 2. The maximum absolute atomic E-state index is 13.1. The highest BCUT2D eigenvalue weighted by Crippen LogP contribution is 2.20. The molecule has 0 atom stereocenters. The first-order valence-corrected chi connectivity index (χ1v) is 5.73. The summed E-state index contributed by atoms with van der Waals surface area (Å²) in [6.45, 7) is 0. The number of rotatable bonds is 3. The Labute approximate surface area is 114 Å². The molecule has 2 rings (SSSR count). The Morgan fingerprint density at radius 1 is 1.05 bits per heavy atom. The first-order chi connectivity index (χ1) is 9.47. The number of carbonyl (C=O) groups is 2. The topological polar surface area (TPSA) is 98.2 Å². The van der Waals surface area contributed by atoms with Gasteiger partial charge in [0.1, 0.15) is 5.82 Å². The molecule has 6 heteroatoms. The van der Waals surface area contributed by atoms with E-state index in [1.54, 1.807) is 0 Å². The fraction of sp³-hybridized carbons (Fsp3) is 0. The minimum atomic E-state index is -0.634. The molecule has 0 aliphatic carbocycles. The Kier molecular flexibility index (Phi) is 3.65. The second-order valence-corrected chi connectivity index (χ2v) is 4.13. The average Bonchev–Trinajstić information content (AvgIpc) is 2.43. The molecule has 0 saturated heterocycles. The van der Waals surface area contributed by atoms with Crippen molar-refractivity contribution in [1.82, 2.24) is 0 Å². The second-order valence-electron chi connectivity index (χ2n) is 4.13. The van der Waals surface area contributed by atoms with E-state index < -0.39 is 17.6 Å². The Hall–Kier alpha value is -2.89. The molecule has 0 radical (unpaired) electrons. The lowest BCUT2D eigenvalue weighted by molar-refractivity contribution is 0.1000. The zero-order valence-corrected chi connectivity index (χ0v) is 10.4. The third kappa shape index (κ3) is 2.92. The summed E-state index contributed by atoms with van der Waals surface area (Å²) in [6, 6.07) is 9.55. The number of nitrogen functional groups attached to an aromatic ring is 1. The Morgan fingerprint density at radius 3 is 2.45 bits per heavy atom. The summed E-state index contributed by atoms with van der Waals surface area (Å²) in [5.74, 6) is -1.66. The van der Waals surface area contributed by atoms with E-state index in [2.05, 4.69) is 5.32 Å². The molecule has 0 unspecified atom stereocenters. The molecule has 0 aliphatic heterocycles. The predicted octanol–water partition coefficient (Wildman–Crippen LogP) is 1.76. The minimum absolute atomic E-state index is 0.166. The Bertz CT molecular complexity index is 686. The van der Waals surface area contributed by atoms with Gasteiger partial charge in [-0.25, -0.2) is 4.39 Å². The van der Waals surface area contributed by atoms with Crippen LogP contribution in [-0.2, 0) is 0 Å². The first-order valence-electron chi connectivity index (χ1n) is 5.73. The normalized spacial score (nSPS) is 10.1. The van der Waals surface area contributed by atoms with Crippen LogP contribution >= 0.6 is 0 Å². The Morgan fingerprint density at radius 2 is 1.75 bits per heavy atom. The minimum Gasteiger partial charge on any atom is -0.397 e. The van der Waals surface area contributed by atoms with E-state index in [9.17, 15) is 14.0 Å². The average molecular weight is 273 g/mol. The van der Waals surface area contributed by atoms with E-state index in [4.69, 9.17) is 11.5 Å². The molecular formula is C14H12FN3O2. The summed E-state index contributed by atoms with van der Waals surface area (Å²) in [7, 11) is 0. The number of nitrogens with two attached hydrogens (primary N) is 2. The van der Waals surface area contributed by atoms with Crippen LogP contribution in [0.25, 0.3) is 0 Å². The van der Waals surface area contributed by atoms with Crippen LogP contribution in [0.2, 0.25) is 0 Å². The lowest BCUT2D eigenvalue weighted by Gasteiger charge is -2.08. The van der Waals surface area contributed by atoms with Gasteiger partial charge in [0.2, 0.25) is 5.91 Å². The highest BCUT2D eigenvalue weighted by Gasteiger charge is 2.10. The summed E-state index contributed by atoms with van der Waals surface area (Å²) in [5, 5.41) is 2.48. The van der Waals surface area contributed by atoms with Crippen LogP contribution in [0.5, 0.6) is 0 Å². The van der Waals surface area contributed by atoms with Crippen LogP contribution < -0.4 is 16.8 Å². The van der Waals surface area contributed by atoms with Gasteiger partial charge >= 0.3 is 0 Å². The van der Waals surface area contributed by atoms with Crippen LogP contribution in [0.1, 0.15) is 20.7 Å². The van der Waals surface area contributed by atoms with Crippen LogP contribution in [0.4, 0.5) is 15.8 Å². The van der Waals surface area contributed by atoms with Gasteiger partial charge in [-0.1, -0.05) is 6.07 Å². The number of hydrogen-bond acceptors (Lipinski definition) is 3. The molecule has 0 aromatic heterocycles. The van der Waals surface area contributed by atoms with Crippen LogP contribution in [0, 0.1) is 5.82 Å². The van der Waals surface area contributed by atoms with E-state index in [1.807, 2.05) is 0 Å². The molecule has 2 aromatic carbocycles. The van der Waals surface area contributed by atoms with Gasteiger partial charge in [-0.15, -0.1) is 0 Å². The monoisotopic (exact) mass is 273 g/mol. The van der Waals surface area contributed by atoms with Crippen molar-refractivity contribution in [2.45, 2.75) is 0 Å². The van der Waals surface area contributed by atoms with Crippen molar-refractivity contribution in [1.29, 1.82) is 0 Å². The zero-order chi connectivity index (χ0) is 14.7. The highest BCUT2D eigenvalue weighted by molar-refractivity contribution is 6.07. The maximum atomic E-state index is 13.1. The fourth-order valence-electron chi connectivity index (χ4n) is 1.64. The van der Waals surface area contributed by atoms with Gasteiger partial charge in [0.15, 0.2) is 0 Å². The molecule has 20 heavy (non-hydrogen) atoms. The van der Waals surface area contributed by atoms with Crippen molar-refractivity contribution >= 4 is 23.2 Å². The van der Waals surface area contributed by atoms with Gasteiger partial charge in [0.05, 0.1) is 11.4 Å². The number of primary amides is 1. The molecule has 2 aromatic rings. The van der Waals surface area contributed by atoms with Crippen molar-refractivity contribution in [3.63, 3.8) is 0 Å². The number of carbonyl (C=O) groups excluding carboxylic acids is 2. The first kappa shape index (κ1) is 13.5. The van der Waals surface area contributed by atoms with Gasteiger partial charge in [-0.2, -0.15) is 0 Å². The van der Waals surface area contributed by atoms with Crippen molar-refractivity contribution in [3.05, 3.63) is 59.4 Å². The lowest BCUT2D eigenvalue weighted by Crippen LogP contribution is -2.16. The van der Waals surface area contributed by atoms with Gasteiger partial charge < -0.3 is 16.8 Å². The fourth-order valence-corrected chi connectivity index (χ4v) is 1.64. The number of halogens is 1. The number of anilines is 2. The molecule has 0 spiro atoms. The van der Waals surface area contributed by atoms with E-state index in [1.165, 1.54) is 36.4 Å². The molecule has 0 fully saturated rings. The molecule has 102 valence electrons. The molecule has 5 nitrogen and oxygen atoms in total. The quantitative estimate of drug-likeness (QED) is 0.743. The summed E-state index contributed by atoms with van der Waals surface area (Å²) in [6.07, 6.45) is 0. The predicted molar refractivity (Wildman–Crippen MR) is 73.7 cm³/mol. The van der Waals surface area contributed by atoms with Gasteiger partial charge in [0.25, 0.3) is 5.91 Å². The highest BCUT2D eigenvalue weighted by atomic mass is 19.1. The van der Waals surface area contributed by atoms with Crippen molar-refractivity contribution in [2.75, 3.05) is 11.1 Å². The van der Waals surface area contributed by atoms with Crippen LogP contribution in [0.3, 0.4) is 0 Å². The molecular weight excluding hydrogens is 261 g/mol. The van der Waals surface area contributed by atoms with Crippen LogP contribution in [-0.4, -0.2) is 11.8 Å². The van der Waals surface area contributed by atoms with E-state index in [-0.39, 0.29) is 22.5 Å². The number of nitrogens with one attached hydrogen (secondary N) is 1. The molecule has 2 amide bonds. The second kappa shape index (κ2) is 5.40. The van der Waals surface area contributed by atoms with E-state index >= 15 is 0 Å². The van der Waals surface area contributed by atoms with Gasteiger partial charge in [0, 0.05) is 11.1 Å². The van der Waals surface area contributed by atoms with Crippen molar-refractivity contribution < 1.29 is 14.0 Å². The van der Waals surface area contributed by atoms with Crippen molar-refractivity contribution in [3.8, 4) is 0 Å². The third-order valence-electron chi connectivity index (χ3n) is 2.67. The summed E-state index contributed by atoms with van der Waals surface area (Å²) in [5.41, 5.74) is 11.6. The van der Waals surface area contributed by atoms with Gasteiger partial charge in [-0.05, 0) is 36.4 Å². The molecule has 5 N–H and O–H groups in total. The van der Waals surface area contributed by atoms with Crippen LogP contribution in [0.15, 0.2) is 42.5 Å². The third-order valence-corrected chi connectivity index (χ3v) is 2.67. The summed E-state index contributed by atoms with van der Waals surface area (Å²) >= 11 is 0. The standard InChI is InChI=1S/C14H12FN3O2/c15-10-4-5-11(16)12(7-10)18-14(20)9-3-1-2-8(6-9)13(17)19/h1-7H,16H2,(H2,17,19)(H,18,20). The molecule has 0 saturated carbocycles. The van der Waals surface area contributed by atoms with E-state index in [0.717, 1.165) is 6.07 Å². The maximum Gasteiger partial charge on any atom is 0.255 e. The smallest absolute Gasteiger partial charge is 0.255 e. The van der Waals surface area contributed by atoms with E-state index in [0.29, 0.717) is 0 Å². The molecule has 0 aliphatic rings. The molecule has 0 bridgehead atoms. The summed E-state index contributed by atoms with van der Waals surface area (Å²) in [4.78, 5) is 23.1. The largest absolute Gasteiger partial charge is 0.397 e. The zero-order valence-electron chi connectivity index (χ0n) is 10.4. The van der Waals surface area contributed by atoms with Gasteiger partial charge in [-0.3, -0.25) is 9.59 Å². The molecule has 0 heterocycles. The summed E-state index contributed by atoms with van der Waals surface area (Å²) < 4.78 is 13.1. The number of benzene rings is 2. The van der Waals surface area contributed by atoms with Crippen molar-refractivity contribution in [2.24, 2.45) is 5.73 Å². The lowest BCUT2D eigenvalue weighted by atomic mass is 10.1. The SMILES string of the molecule is NC(=O)c1cccc(C(=O)Nc2cc(F)ccc2N)c1. The Balaban J connectivity index is 2.26. The number of hydrogen-bond donors (Lipinski definition) is 3.